The molecule has 2 aromatic carbocycles. The molecule has 3 amide bonds. The second kappa shape index (κ2) is 9.25. The van der Waals surface area contributed by atoms with E-state index in [0.717, 1.165) is 42.6 Å². The maximum atomic E-state index is 13.5. The van der Waals surface area contributed by atoms with Crippen molar-refractivity contribution in [3.63, 3.8) is 0 Å². The van der Waals surface area contributed by atoms with Gasteiger partial charge in [0, 0.05) is 18.8 Å². The van der Waals surface area contributed by atoms with E-state index in [4.69, 9.17) is 4.74 Å². The third-order valence-electron chi connectivity index (χ3n) is 6.46. The molecule has 4 aromatic rings. The number of urea groups is 1. The number of benzene rings is 2. The highest BCUT2D eigenvalue weighted by atomic mass is 32.1. The van der Waals surface area contributed by atoms with Crippen LogP contribution in [0.1, 0.15) is 28.1 Å². The molecule has 0 spiro atoms. The number of carbonyl (C=O) groups is 2. The van der Waals surface area contributed by atoms with Crippen LogP contribution >= 0.6 is 11.3 Å². The molecular weight excluding hydrogens is 474 g/mol. The fourth-order valence-corrected chi connectivity index (χ4v) is 5.83. The lowest BCUT2D eigenvalue weighted by Gasteiger charge is -2.30. The van der Waals surface area contributed by atoms with Crippen LogP contribution in [0.2, 0.25) is 0 Å². The lowest BCUT2D eigenvalue weighted by atomic mass is 10.1. The summed E-state index contributed by atoms with van der Waals surface area (Å²) in [6.45, 7) is 3.63. The van der Waals surface area contributed by atoms with Crippen molar-refractivity contribution in [1.82, 2.24) is 15.6 Å². The molecule has 36 heavy (non-hydrogen) atoms. The zero-order chi connectivity index (χ0) is 24.6. The van der Waals surface area contributed by atoms with Crippen LogP contribution in [-0.2, 0) is 0 Å². The van der Waals surface area contributed by atoms with Crippen molar-refractivity contribution in [3.8, 4) is 11.5 Å². The third-order valence-corrected chi connectivity index (χ3v) is 7.55. The number of anilines is 3. The number of aryl methyl sites for hydroxylation is 1. The Labute approximate surface area is 212 Å². The number of nitrogens with zero attached hydrogens (tertiary/aromatic N) is 2. The van der Waals surface area contributed by atoms with Gasteiger partial charge in [-0.25, -0.2) is 9.78 Å². The molecule has 1 atom stereocenters. The van der Waals surface area contributed by atoms with Gasteiger partial charge in [-0.15, -0.1) is 11.3 Å². The van der Waals surface area contributed by atoms with Crippen LogP contribution in [0.15, 0.2) is 60.8 Å². The Bertz CT molecular complexity index is 1460. The zero-order valence-electron chi connectivity index (χ0n) is 19.7. The van der Waals surface area contributed by atoms with E-state index in [2.05, 4.69) is 20.9 Å². The number of amides is 3. The highest BCUT2D eigenvalue weighted by Crippen LogP contribution is 2.47. The number of pyridine rings is 1. The minimum atomic E-state index is -0.318. The van der Waals surface area contributed by atoms with Crippen molar-refractivity contribution >= 4 is 50.6 Å². The second-order valence-corrected chi connectivity index (χ2v) is 9.96. The average Bonchev–Trinajstić information content (AvgIpc) is 3.27. The first kappa shape index (κ1) is 22.5. The van der Waals surface area contributed by atoms with Crippen molar-refractivity contribution in [1.29, 1.82) is 0 Å². The number of aromatic nitrogens is 1. The summed E-state index contributed by atoms with van der Waals surface area (Å²) in [5.41, 5.74) is 2.75. The summed E-state index contributed by atoms with van der Waals surface area (Å²) in [6.07, 6.45) is 3.59. The lowest BCUT2D eigenvalue weighted by molar-refractivity contribution is 0.0935. The first-order chi connectivity index (χ1) is 17.6. The van der Waals surface area contributed by atoms with Gasteiger partial charge in [0.15, 0.2) is 0 Å². The lowest BCUT2D eigenvalue weighted by Crippen LogP contribution is -2.45. The molecule has 2 aliphatic rings. The first-order valence-corrected chi connectivity index (χ1v) is 12.8. The Morgan fingerprint density at radius 1 is 1.17 bits per heavy atom. The Morgan fingerprint density at radius 2 is 2.03 bits per heavy atom. The quantitative estimate of drug-likeness (QED) is 0.334. The van der Waals surface area contributed by atoms with Crippen LogP contribution in [0.25, 0.3) is 10.2 Å². The van der Waals surface area contributed by atoms with Gasteiger partial charge in [0.2, 0.25) is 0 Å². The van der Waals surface area contributed by atoms with Gasteiger partial charge >= 0.3 is 6.03 Å². The molecule has 0 saturated carbocycles. The van der Waals surface area contributed by atoms with Crippen molar-refractivity contribution in [2.24, 2.45) is 0 Å². The van der Waals surface area contributed by atoms with E-state index < -0.39 is 0 Å². The molecule has 9 heteroatoms. The molecule has 4 heterocycles. The van der Waals surface area contributed by atoms with E-state index in [1.165, 1.54) is 11.3 Å². The summed E-state index contributed by atoms with van der Waals surface area (Å²) >= 11 is 1.31. The topological polar surface area (TPSA) is 95.6 Å². The Kier molecular flexibility index (Phi) is 5.79. The first-order valence-electron chi connectivity index (χ1n) is 12.0. The maximum Gasteiger partial charge on any atom is 0.331 e. The van der Waals surface area contributed by atoms with Crippen molar-refractivity contribution in [2.75, 3.05) is 23.3 Å². The molecule has 0 aliphatic carbocycles. The molecule has 182 valence electrons. The normalized spacial score (nSPS) is 17.1. The highest BCUT2D eigenvalue weighted by Gasteiger charge is 2.35. The maximum absolute atomic E-state index is 13.5. The standard InChI is InChI=1S/C27H25N5O3S/c1-16-14-19(35-18-7-3-2-4-8-18)9-10-21(16)32-23-22-20(31-27(32)34)11-13-29-26(22)36-24(23)25(33)30-17-6-5-12-28-15-17/h2-4,7-11,13-14,17,28H,5-6,12,15H2,1H3,(H,30,33)(H,31,34). The number of hydrogen-bond acceptors (Lipinski definition) is 6. The Balaban J connectivity index is 1.40. The molecule has 0 radical (unpaired) electrons. The molecule has 1 fully saturated rings. The highest BCUT2D eigenvalue weighted by molar-refractivity contribution is 7.21. The smallest absolute Gasteiger partial charge is 0.331 e. The van der Waals surface area contributed by atoms with E-state index >= 15 is 0 Å². The van der Waals surface area contributed by atoms with Crippen LogP contribution < -0.4 is 25.6 Å². The summed E-state index contributed by atoms with van der Waals surface area (Å²) in [7, 11) is 0. The van der Waals surface area contributed by atoms with Gasteiger partial charge in [0.1, 0.15) is 21.2 Å². The molecule has 1 unspecified atom stereocenters. The zero-order valence-corrected chi connectivity index (χ0v) is 20.5. The fraction of sp³-hybridized carbons (Fsp3) is 0.222. The van der Waals surface area contributed by atoms with Gasteiger partial charge in [-0.2, -0.15) is 0 Å². The summed E-state index contributed by atoms with van der Waals surface area (Å²) in [5.74, 6) is 1.21. The van der Waals surface area contributed by atoms with Gasteiger partial charge in [-0.05, 0) is 68.3 Å². The molecule has 3 N–H and O–H groups in total. The summed E-state index contributed by atoms with van der Waals surface area (Å²) in [4.78, 5) is 34.2. The van der Waals surface area contributed by atoms with Crippen molar-refractivity contribution in [3.05, 3.63) is 71.2 Å². The van der Waals surface area contributed by atoms with Crippen LogP contribution in [-0.4, -0.2) is 36.1 Å². The minimum Gasteiger partial charge on any atom is -0.457 e. The molecule has 2 aliphatic heterocycles. The number of piperidine rings is 1. The van der Waals surface area contributed by atoms with Gasteiger partial charge in [-0.3, -0.25) is 9.69 Å². The van der Waals surface area contributed by atoms with Gasteiger partial charge < -0.3 is 20.7 Å². The van der Waals surface area contributed by atoms with Crippen LogP contribution in [0, 0.1) is 6.92 Å². The largest absolute Gasteiger partial charge is 0.457 e. The molecule has 8 nitrogen and oxygen atoms in total. The molecule has 1 saturated heterocycles. The predicted molar refractivity (Wildman–Crippen MR) is 142 cm³/mol. The predicted octanol–water partition coefficient (Wildman–Crippen LogP) is 5.56. The van der Waals surface area contributed by atoms with E-state index in [1.807, 2.05) is 55.5 Å². The van der Waals surface area contributed by atoms with E-state index in [0.29, 0.717) is 32.5 Å². The van der Waals surface area contributed by atoms with Crippen LogP contribution in [0.4, 0.5) is 21.9 Å². The van der Waals surface area contributed by atoms with Gasteiger partial charge in [0.05, 0.1) is 22.4 Å². The molecule has 6 rings (SSSR count). The van der Waals surface area contributed by atoms with Gasteiger partial charge in [0.25, 0.3) is 5.91 Å². The number of ether oxygens (including phenoxy) is 1. The number of rotatable bonds is 5. The van der Waals surface area contributed by atoms with Crippen molar-refractivity contribution in [2.45, 2.75) is 25.8 Å². The monoisotopic (exact) mass is 499 g/mol. The number of carbonyl (C=O) groups excluding carboxylic acids is 2. The third kappa shape index (κ3) is 4.06. The van der Waals surface area contributed by atoms with Crippen molar-refractivity contribution < 1.29 is 14.3 Å². The number of nitrogens with one attached hydrogen (secondary N) is 3. The summed E-state index contributed by atoms with van der Waals surface area (Å²) < 4.78 is 5.98. The Hall–Kier alpha value is -3.95. The number of thiophene rings is 1. The molecule has 0 bridgehead atoms. The molecule has 2 aromatic heterocycles. The number of hydrogen-bond donors (Lipinski definition) is 3. The van der Waals surface area contributed by atoms with E-state index in [1.54, 1.807) is 17.2 Å². The van der Waals surface area contributed by atoms with Crippen LogP contribution in [0.3, 0.4) is 0 Å². The second-order valence-electron chi connectivity index (χ2n) is 8.96. The van der Waals surface area contributed by atoms with Crippen LogP contribution in [0.5, 0.6) is 11.5 Å². The fourth-order valence-electron chi connectivity index (χ4n) is 4.77. The molecular formula is C27H25N5O3S. The average molecular weight is 500 g/mol. The summed E-state index contributed by atoms with van der Waals surface area (Å²) in [6, 6.07) is 16.6. The van der Waals surface area contributed by atoms with E-state index in [9.17, 15) is 9.59 Å². The number of para-hydroxylation sites is 1. The van der Waals surface area contributed by atoms with Gasteiger partial charge in [-0.1, -0.05) is 18.2 Å². The Morgan fingerprint density at radius 3 is 2.81 bits per heavy atom. The summed E-state index contributed by atoms with van der Waals surface area (Å²) in [5, 5.41) is 10.2. The SMILES string of the molecule is Cc1cc(Oc2ccccc2)ccc1N1C(=O)Nc2ccnc3sc(C(=O)NC4CCCNC4)c1c23. The van der Waals surface area contributed by atoms with E-state index in [-0.39, 0.29) is 18.0 Å². The minimum absolute atomic E-state index is 0.0538.